The zero-order valence-corrected chi connectivity index (χ0v) is 19.9. The molecule has 2 aromatic carbocycles. The van der Waals surface area contributed by atoms with Crippen LogP contribution in [0, 0.1) is 11.8 Å². The Kier molecular flexibility index (Phi) is 9.81. The first kappa shape index (κ1) is 26.4. The van der Waals surface area contributed by atoms with Gasteiger partial charge in [0.1, 0.15) is 17.6 Å². The predicted molar refractivity (Wildman–Crippen MR) is 130 cm³/mol. The average Bonchev–Trinajstić information content (AvgIpc) is 2.88. The van der Waals surface area contributed by atoms with Gasteiger partial charge in [0.25, 0.3) is 5.91 Å². The second-order valence-electron chi connectivity index (χ2n) is 8.79. The number of carbonyl (C=O) groups is 3. The number of esters is 1. The molecule has 0 aromatic heterocycles. The summed E-state index contributed by atoms with van der Waals surface area (Å²) in [5.41, 5.74) is 0.396. The zero-order valence-electron chi connectivity index (χ0n) is 19.9. The number of anilines is 1. The second-order valence-corrected chi connectivity index (χ2v) is 8.79. The molecule has 188 valence electrons. The van der Waals surface area contributed by atoms with Crippen molar-refractivity contribution in [3.8, 4) is 11.5 Å². The van der Waals surface area contributed by atoms with Crippen LogP contribution in [0.3, 0.4) is 0 Å². The first-order valence-electron chi connectivity index (χ1n) is 12.1. The molecular weight excluding hydrogens is 450 g/mol. The van der Waals surface area contributed by atoms with Gasteiger partial charge in [-0.1, -0.05) is 18.2 Å². The van der Waals surface area contributed by atoms with E-state index in [1.165, 1.54) is 0 Å². The Morgan fingerprint density at radius 3 is 2.17 bits per heavy atom. The minimum absolute atomic E-state index is 0.0613. The van der Waals surface area contributed by atoms with Gasteiger partial charge in [-0.2, -0.15) is 0 Å². The fourth-order valence-electron chi connectivity index (χ4n) is 4.21. The van der Waals surface area contributed by atoms with E-state index in [0.29, 0.717) is 30.2 Å². The zero-order chi connectivity index (χ0) is 25.2. The highest BCUT2D eigenvalue weighted by Gasteiger charge is 2.32. The molecule has 1 aliphatic rings. The van der Waals surface area contributed by atoms with Crippen molar-refractivity contribution in [3.05, 3.63) is 54.6 Å². The Hall–Kier alpha value is -3.23. The molecule has 1 saturated carbocycles. The molecule has 2 atom stereocenters. The van der Waals surface area contributed by atoms with E-state index in [4.69, 9.17) is 9.47 Å². The molecular formula is C27H33NO7. The molecule has 0 unspecified atom stereocenters. The molecule has 1 fully saturated rings. The van der Waals surface area contributed by atoms with E-state index in [1.807, 2.05) is 30.3 Å². The first-order chi connectivity index (χ1) is 16.9. The van der Waals surface area contributed by atoms with Gasteiger partial charge in [-0.05, 0) is 81.3 Å². The Morgan fingerprint density at radius 2 is 1.54 bits per heavy atom. The highest BCUT2D eigenvalue weighted by molar-refractivity contribution is 5.98. The van der Waals surface area contributed by atoms with E-state index < -0.39 is 23.9 Å². The molecule has 3 rings (SSSR count). The van der Waals surface area contributed by atoms with Crippen LogP contribution in [0.15, 0.2) is 54.6 Å². The lowest BCUT2D eigenvalue weighted by atomic mass is 9.79. The molecule has 35 heavy (non-hydrogen) atoms. The number of ether oxygens (including phenoxy) is 2. The molecule has 0 aliphatic heterocycles. The smallest absolute Gasteiger partial charge is 0.308 e. The van der Waals surface area contributed by atoms with Crippen LogP contribution in [-0.2, 0) is 19.1 Å². The fraction of sp³-hybridized carbons (Fsp3) is 0.444. The van der Waals surface area contributed by atoms with Gasteiger partial charge < -0.3 is 25.0 Å². The summed E-state index contributed by atoms with van der Waals surface area (Å²) in [6.07, 6.45) is -0.0106. The third-order valence-electron chi connectivity index (χ3n) is 6.26. The number of aliphatic hydroxyl groups excluding tert-OH is 2. The van der Waals surface area contributed by atoms with Crippen LogP contribution in [0.4, 0.5) is 5.69 Å². The highest BCUT2D eigenvalue weighted by atomic mass is 16.5. The SMILES string of the molecule is CCOC(=O)C1CCC(CCC(=O)[C@H](O)[C@@H](O)C(=O)Nc2ccc(Oc3ccccc3)cc2)CC1. The molecule has 1 amide bonds. The van der Waals surface area contributed by atoms with E-state index in [2.05, 4.69) is 5.32 Å². The lowest BCUT2D eigenvalue weighted by Crippen LogP contribution is -2.42. The Balaban J connectivity index is 1.41. The summed E-state index contributed by atoms with van der Waals surface area (Å²) in [6.45, 7) is 2.15. The minimum Gasteiger partial charge on any atom is -0.466 e. The van der Waals surface area contributed by atoms with Crippen molar-refractivity contribution in [1.82, 2.24) is 0 Å². The molecule has 1 aliphatic carbocycles. The third kappa shape index (κ3) is 7.90. The van der Waals surface area contributed by atoms with Crippen LogP contribution in [0.2, 0.25) is 0 Å². The van der Waals surface area contributed by atoms with Crippen LogP contribution in [0.1, 0.15) is 45.4 Å². The van der Waals surface area contributed by atoms with Gasteiger partial charge in [-0.15, -0.1) is 0 Å². The fourth-order valence-corrected chi connectivity index (χ4v) is 4.21. The van der Waals surface area contributed by atoms with Crippen LogP contribution < -0.4 is 10.1 Å². The molecule has 0 bridgehead atoms. The highest BCUT2D eigenvalue weighted by Crippen LogP contribution is 2.32. The number of aliphatic hydroxyl groups is 2. The van der Waals surface area contributed by atoms with Crippen molar-refractivity contribution in [2.45, 2.75) is 57.7 Å². The van der Waals surface area contributed by atoms with E-state index in [0.717, 1.165) is 25.7 Å². The number of amides is 1. The molecule has 0 heterocycles. The predicted octanol–water partition coefficient (Wildman–Crippen LogP) is 3.86. The van der Waals surface area contributed by atoms with E-state index in [1.54, 1.807) is 31.2 Å². The van der Waals surface area contributed by atoms with E-state index in [9.17, 15) is 24.6 Å². The molecule has 0 spiro atoms. The van der Waals surface area contributed by atoms with Crippen LogP contribution in [0.5, 0.6) is 11.5 Å². The largest absolute Gasteiger partial charge is 0.466 e. The second kappa shape index (κ2) is 13.0. The summed E-state index contributed by atoms with van der Waals surface area (Å²) in [5, 5.41) is 22.9. The topological polar surface area (TPSA) is 122 Å². The molecule has 2 aromatic rings. The van der Waals surface area contributed by atoms with Crippen molar-refractivity contribution in [2.24, 2.45) is 11.8 Å². The molecule has 0 radical (unpaired) electrons. The number of benzene rings is 2. The van der Waals surface area contributed by atoms with Crippen molar-refractivity contribution in [2.75, 3.05) is 11.9 Å². The maximum absolute atomic E-state index is 12.4. The number of carbonyl (C=O) groups excluding carboxylic acids is 3. The summed E-state index contributed by atoms with van der Waals surface area (Å²) in [4.78, 5) is 36.6. The Labute approximate surface area is 205 Å². The molecule has 8 heteroatoms. The lowest BCUT2D eigenvalue weighted by Gasteiger charge is -2.27. The molecule has 0 saturated heterocycles. The average molecular weight is 484 g/mol. The number of hydrogen-bond acceptors (Lipinski definition) is 7. The summed E-state index contributed by atoms with van der Waals surface area (Å²) >= 11 is 0. The quantitative estimate of drug-likeness (QED) is 0.415. The van der Waals surface area contributed by atoms with Gasteiger partial charge in [-0.25, -0.2) is 0 Å². The standard InChI is InChI=1S/C27H33NO7/c1-2-34-27(33)19-11-8-18(9-12-19)10-17-23(29)24(30)25(31)26(32)28-20-13-15-22(16-14-20)35-21-6-4-3-5-7-21/h3-7,13-16,18-19,24-25,30-31H,2,8-12,17H2,1H3,(H,28,32)/t18?,19?,24-,25+/m0/s1. The lowest BCUT2D eigenvalue weighted by molar-refractivity contribution is -0.149. The summed E-state index contributed by atoms with van der Waals surface area (Å²) in [7, 11) is 0. The van der Waals surface area contributed by atoms with Gasteiger partial charge in [0.2, 0.25) is 0 Å². The van der Waals surface area contributed by atoms with Gasteiger partial charge in [0, 0.05) is 12.1 Å². The maximum atomic E-state index is 12.4. The van der Waals surface area contributed by atoms with Crippen molar-refractivity contribution >= 4 is 23.3 Å². The normalized spacial score (nSPS) is 19.3. The number of rotatable bonds is 11. The number of Topliss-reactive ketones (excluding diaryl/α,β-unsaturated/α-hetero) is 1. The van der Waals surface area contributed by atoms with E-state index in [-0.39, 0.29) is 24.2 Å². The monoisotopic (exact) mass is 483 g/mol. The number of para-hydroxylation sites is 1. The van der Waals surface area contributed by atoms with Crippen molar-refractivity contribution in [1.29, 1.82) is 0 Å². The molecule has 8 nitrogen and oxygen atoms in total. The number of ketones is 1. The van der Waals surface area contributed by atoms with Gasteiger partial charge in [0.05, 0.1) is 12.5 Å². The van der Waals surface area contributed by atoms with Crippen molar-refractivity contribution in [3.63, 3.8) is 0 Å². The number of hydrogen-bond donors (Lipinski definition) is 3. The number of nitrogens with one attached hydrogen (secondary N) is 1. The molecule has 3 N–H and O–H groups in total. The van der Waals surface area contributed by atoms with Crippen LogP contribution >= 0.6 is 0 Å². The van der Waals surface area contributed by atoms with Gasteiger partial charge in [-0.3, -0.25) is 14.4 Å². The van der Waals surface area contributed by atoms with Crippen LogP contribution in [-0.4, -0.2) is 46.7 Å². The third-order valence-corrected chi connectivity index (χ3v) is 6.26. The Bertz CT molecular complexity index is 969. The first-order valence-corrected chi connectivity index (χ1v) is 12.1. The van der Waals surface area contributed by atoms with Crippen molar-refractivity contribution < 1.29 is 34.1 Å². The van der Waals surface area contributed by atoms with Crippen LogP contribution in [0.25, 0.3) is 0 Å². The van der Waals surface area contributed by atoms with E-state index >= 15 is 0 Å². The Morgan fingerprint density at radius 1 is 0.914 bits per heavy atom. The summed E-state index contributed by atoms with van der Waals surface area (Å²) in [5.74, 6) is -0.180. The maximum Gasteiger partial charge on any atom is 0.308 e. The summed E-state index contributed by atoms with van der Waals surface area (Å²) in [6, 6.07) is 15.8. The van der Waals surface area contributed by atoms with Gasteiger partial charge in [0.15, 0.2) is 11.9 Å². The minimum atomic E-state index is -1.87. The summed E-state index contributed by atoms with van der Waals surface area (Å²) < 4.78 is 10.8. The van der Waals surface area contributed by atoms with Gasteiger partial charge >= 0.3 is 5.97 Å².